The Morgan fingerprint density at radius 3 is 2.38 bits per heavy atom. The van der Waals surface area contributed by atoms with Crippen LogP contribution in [-0.4, -0.2) is 83.7 Å². The number of nitrogens with zero attached hydrogens (tertiary/aromatic N) is 5. The number of rotatable bonds is 5. The molecule has 39 heavy (non-hydrogen) atoms. The average Bonchev–Trinajstić information content (AvgIpc) is 2.87. The van der Waals surface area contributed by atoms with E-state index in [1.54, 1.807) is 12.1 Å². The molecule has 4 heterocycles. The quantitative estimate of drug-likeness (QED) is 0.293. The molecular formula is C25H32FN7O6. The zero-order chi connectivity index (χ0) is 31.7. The maximum Gasteiger partial charge on any atom is 0.290 e. The molecule has 4 rings (SSSR count). The number of aromatic nitrogens is 5. The van der Waals surface area contributed by atoms with Gasteiger partial charge >= 0.3 is 0 Å². The van der Waals surface area contributed by atoms with Crippen molar-refractivity contribution in [3.05, 3.63) is 36.8 Å². The summed E-state index contributed by atoms with van der Waals surface area (Å²) < 4.78 is 41.5. The highest BCUT2D eigenvalue weighted by Gasteiger charge is 2.46. The van der Waals surface area contributed by atoms with Crippen LogP contribution in [0.1, 0.15) is 38.2 Å². The SMILES string of the molecule is O=CO.O=CO.[2H]C([2H])([2H])Oc1cc(-c2cnc(-c3ccc(N[C@@H]4CC(C)(C)NC(C)(C)[C@@H]4F)nn3)c(O)c2)ncn1. The third-order valence-electron chi connectivity index (χ3n) is 5.58. The van der Waals surface area contributed by atoms with Crippen LogP contribution in [0.4, 0.5) is 10.2 Å². The average molecular weight is 549 g/mol. The van der Waals surface area contributed by atoms with Gasteiger partial charge in [0.2, 0.25) is 5.88 Å². The molecular weight excluding hydrogens is 513 g/mol. The molecule has 0 saturated carbocycles. The van der Waals surface area contributed by atoms with Crippen molar-refractivity contribution in [1.82, 2.24) is 30.5 Å². The highest BCUT2D eigenvalue weighted by Crippen LogP contribution is 2.33. The van der Waals surface area contributed by atoms with Crippen molar-refractivity contribution in [2.24, 2.45) is 0 Å². The van der Waals surface area contributed by atoms with Crippen molar-refractivity contribution in [2.75, 3.05) is 12.4 Å². The van der Waals surface area contributed by atoms with Gasteiger partial charge in [-0.25, -0.2) is 19.3 Å². The number of ether oxygens (including phenoxy) is 1. The molecule has 0 radical (unpaired) electrons. The van der Waals surface area contributed by atoms with E-state index < -0.39 is 24.8 Å². The minimum Gasteiger partial charge on any atom is -0.506 e. The zero-order valence-corrected chi connectivity index (χ0v) is 21.7. The summed E-state index contributed by atoms with van der Waals surface area (Å²) in [6.45, 7) is 7.24. The summed E-state index contributed by atoms with van der Waals surface area (Å²) in [5.41, 5.74) is 0.300. The van der Waals surface area contributed by atoms with Crippen molar-refractivity contribution in [2.45, 2.75) is 57.4 Å². The van der Waals surface area contributed by atoms with Gasteiger partial charge in [-0.2, -0.15) is 0 Å². The van der Waals surface area contributed by atoms with Crippen LogP contribution >= 0.6 is 0 Å². The lowest BCUT2D eigenvalue weighted by Crippen LogP contribution is -2.67. The van der Waals surface area contributed by atoms with E-state index in [4.69, 9.17) is 28.7 Å². The third kappa shape index (κ3) is 8.26. The standard InChI is InChI=1S/C23H28FN7O2.2CH2O2/c1-22(2)10-16(21(24)23(3,4)31-22)28-18-7-6-14(29-30-18)20-17(32)8-13(11-25-20)15-9-19(33-5)27-12-26-15;2*2-1-3/h6-9,11-12,16,21,31-32H,10H2,1-5H3,(H,28,30);2*1H,(H,2,3)/t16-,21-;;/m1../s1/i5D3;;. The van der Waals surface area contributed by atoms with E-state index in [9.17, 15) is 5.11 Å². The second kappa shape index (κ2) is 13.4. The molecule has 0 spiro atoms. The Balaban J connectivity index is 0.000000946. The minimum atomic E-state index is -2.65. The Morgan fingerprint density at radius 2 is 1.79 bits per heavy atom. The molecule has 5 N–H and O–H groups in total. The summed E-state index contributed by atoms with van der Waals surface area (Å²) >= 11 is 0. The van der Waals surface area contributed by atoms with Crippen molar-refractivity contribution in [3.63, 3.8) is 0 Å². The summed E-state index contributed by atoms with van der Waals surface area (Å²) in [7, 11) is -2.65. The Labute approximate surface area is 228 Å². The van der Waals surface area contributed by atoms with Crippen molar-refractivity contribution in [1.29, 1.82) is 0 Å². The number of nitrogens with one attached hydrogen (secondary N) is 2. The highest BCUT2D eigenvalue weighted by atomic mass is 19.1. The first-order chi connectivity index (χ1) is 19.6. The number of halogens is 1. The smallest absolute Gasteiger partial charge is 0.290 e. The van der Waals surface area contributed by atoms with Crippen LogP contribution in [0.25, 0.3) is 22.6 Å². The number of pyridine rings is 1. The van der Waals surface area contributed by atoms with Crippen LogP contribution < -0.4 is 15.4 Å². The van der Waals surface area contributed by atoms with Gasteiger partial charge in [-0.15, -0.1) is 10.2 Å². The number of hydrogen-bond acceptors (Lipinski definition) is 11. The first-order valence-corrected chi connectivity index (χ1v) is 11.5. The molecule has 0 unspecified atom stereocenters. The Hall–Kier alpha value is -4.46. The Bertz CT molecular complexity index is 1340. The molecule has 3 aromatic rings. The van der Waals surface area contributed by atoms with Crippen molar-refractivity contribution < 1.29 is 38.1 Å². The highest BCUT2D eigenvalue weighted by molar-refractivity contribution is 5.69. The van der Waals surface area contributed by atoms with Crippen LogP contribution in [0, 0.1) is 0 Å². The second-order valence-electron chi connectivity index (χ2n) is 9.54. The van der Waals surface area contributed by atoms with Crippen molar-refractivity contribution >= 4 is 18.8 Å². The van der Waals surface area contributed by atoms with Crippen LogP contribution in [0.3, 0.4) is 0 Å². The lowest BCUT2D eigenvalue weighted by atomic mass is 9.78. The van der Waals surface area contributed by atoms with Crippen molar-refractivity contribution in [3.8, 4) is 34.3 Å². The van der Waals surface area contributed by atoms with Gasteiger partial charge in [0.15, 0.2) is 0 Å². The molecule has 2 atom stereocenters. The van der Waals surface area contributed by atoms with Gasteiger partial charge in [-0.1, -0.05) is 0 Å². The number of methoxy groups -OCH3 is 1. The van der Waals surface area contributed by atoms with Gasteiger partial charge in [-0.05, 0) is 52.3 Å². The Morgan fingerprint density at radius 1 is 1.10 bits per heavy atom. The molecule has 13 nitrogen and oxygen atoms in total. The second-order valence-corrected chi connectivity index (χ2v) is 9.54. The summed E-state index contributed by atoms with van der Waals surface area (Å²) in [4.78, 5) is 28.9. The maximum atomic E-state index is 15.1. The van der Waals surface area contributed by atoms with Crippen LogP contribution in [0.5, 0.6) is 11.6 Å². The number of piperidine rings is 1. The molecule has 0 bridgehead atoms. The maximum absolute atomic E-state index is 15.1. The first kappa shape index (κ1) is 26.2. The summed E-state index contributed by atoms with van der Waals surface area (Å²) in [6.07, 6.45) is 2.03. The van der Waals surface area contributed by atoms with E-state index in [0.29, 0.717) is 29.2 Å². The molecule has 1 fully saturated rings. The van der Waals surface area contributed by atoms with Gasteiger partial charge in [0.1, 0.15) is 35.5 Å². The van der Waals surface area contributed by atoms with Crippen LogP contribution in [0.15, 0.2) is 36.8 Å². The topological polar surface area (TPSA) is 193 Å². The number of carbonyl (C=O) groups is 2. The monoisotopic (exact) mass is 548 g/mol. The fourth-order valence-electron chi connectivity index (χ4n) is 4.34. The molecule has 0 amide bonds. The van der Waals surface area contributed by atoms with E-state index in [2.05, 4.69) is 35.8 Å². The molecule has 0 aromatic carbocycles. The number of hydrogen-bond donors (Lipinski definition) is 5. The molecule has 1 aliphatic rings. The van der Waals surface area contributed by atoms with E-state index in [-0.39, 0.29) is 35.8 Å². The first-order valence-electron chi connectivity index (χ1n) is 13.0. The molecule has 210 valence electrons. The van der Waals surface area contributed by atoms with Gasteiger partial charge in [0, 0.05) is 28.9 Å². The predicted molar refractivity (Wildman–Crippen MR) is 140 cm³/mol. The van der Waals surface area contributed by atoms with Crippen LogP contribution in [0.2, 0.25) is 0 Å². The lowest BCUT2D eigenvalue weighted by molar-refractivity contribution is -0.123. The van der Waals surface area contributed by atoms with Gasteiger partial charge in [0.05, 0.1) is 22.9 Å². The third-order valence-corrected chi connectivity index (χ3v) is 5.58. The summed E-state index contributed by atoms with van der Waals surface area (Å²) in [5, 5.41) is 39.1. The van der Waals surface area contributed by atoms with Gasteiger partial charge < -0.3 is 30.7 Å². The predicted octanol–water partition coefficient (Wildman–Crippen LogP) is 2.78. The summed E-state index contributed by atoms with van der Waals surface area (Å²) in [6, 6.07) is 5.60. The number of alkyl halides is 1. The fourth-order valence-corrected chi connectivity index (χ4v) is 4.34. The molecule has 1 saturated heterocycles. The lowest BCUT2D eigenvalue weighted by Gasteiger charge is -2.48. The van der Waals surface area contributed by atoms with Gasteiger partial charge in [-0.3, -0.25) is 9.59 Å². The summed E-state index contributed by atoms with van der Waals surface area (Å²) in [5.74, 6) is 0.109. The van der Waals surface area contributed by atoms with E-state index in [1.165, 1.54) is 18.3 Å². The number of aromatic hydroxyl groups is 1. The number of anilines is 1. The minimum absolute atomic E-state index is 0.131. The largest absolute Gasteiger partial charge is 0.506 e. The van der Waals surface area contributed by atoms with Crippen LogP contribution in [-0.2, 0) is 9.59 Å². The fraction of sp³-hybridized carbons (Fsp3) is 0.400. The molecule has 0 aliphatic carbocycles. The molecule has 3 aromatic heterocycles. The van der Waals surface area contributed by atoms with E-state index in [0.717, 1.165) is 6.33 Å². The van der Waals surface area contributed by atoms with E-state index in [1.807, 2.05) is 27.7 Å². The molecule has 14 heteroatoms. The normalized spacial score (nSPS) is 20.2. The zero-order valence-electron chi connectivity index (χ0n) is 24.7. The molecule has 1 aliphatic heterocycles. The number of carboxylic acid groups (broad SMARTS) is 2. The van der Waals surface area contributed by atoms with Gasteiger partial charge in [0.25, 0.3) is 12.9 Å². The van der Waals surface area contributed by atoms with E-state index >= 15 is 4.39 Å². The Kier molecular flexibility index (Phi) is 8.97.